The van der Waals surface area contributed by atoms with Gasteiger partial charge in [-0.05, 0) is 0 Å². The maximum atomic E-state index is 8.12. The van der Waals surface area contributed by atoms with Gasteiger partial charge in [-0.15, -0.1) is 0 Å². The third-order valence-corrected chi connectivity index (χ3v) is 0. The zero-order chi connectivity index (χ0) is 6.71. The normalized spacial score (nSPS) is 1.56. The van der Waals surface area contributed by atoms with E-state index in [0.717, 1.165) is 0 Å². The molecule has 0 aliphatic rings. The van der Waals surface area contributed by atoms with Gasteiger partial charge in [-0.3, -0.25) is 0 Å². The van der Waals surface area contributed by atoms with E-state index in [2.05, 4.69) is 0 Å². The zero-order valence-corrected chi connectivity index (χ0v) is 10.3. The van der Waals surface area contributed by atoms with Crippen LogP contribution < -0.4 is 0 Å². The Balaban J connectivity index is -0.00000000825. The Morgan fingerprint density at radius 3 is 1.00 bits per heavy atom. The third kappa shape index (κ3) is 1100. The van der Waals surface area contributed by atoms with E-state index in [4.69, 9.17) is 30.3 Å². The van der Waals surface area contributed by atoms with Crippen molar-refractivity contribution < 1.29 is 47.3 Å². The summed E-state index contributed by atoms with van der Waals surface area (Å²) in [5, 5.41) is 12.0. The van der Waals surface area contributed by atoms with Gasteiger partial charge in [0, 0.05) is 58.5 Å². The summed E-state index contributed by atoms with van der Waals surface area (Å²) in [6.45, 7) is 0. The molecule has 0 aliphatic heterocycles. The molecule has 52 valence electrons. The molecule has 0 bridgehead atoms. The quantitative estimate of drug-likeness (QED) is 0.312. The number of carbonyl (C=O) groups excluding carboxylic acids is 2. The minimum atomic E-state index is 0. The monoisotopic (exact) mass is 153 g/mol. The van der Waals surface area contributed by atoms with Crippen LogP contribution in [-0.4, -0.2) is 33.5 Å². The van der Waals surface area contributed by atoms with Gasteiger partial charge in [0.05, 0.1) is 0 Å². The van der Waals surface area contributed by atoms with Gasteiger partial charge >= 0.3 is 33.5 Å². The summed E-state index contributed by atoms with van der Waals surface area (Å²) in [6, 6.07) is 0. The van der Waals surface area contributed by atoms with Crippen LogP contribution >= 0.6 is 0 Å². The van der Waals surface area contributed by atoms with Crippen LogP contribution in [-0.2, 0) is 9.59 Å². The van der Waals surface area contributed by atoms with Crippen LogP contribution in [0, 0.1) is 58.5 Å². The first-order valence-corrected chi connectivity index (χ1v) is 0.775. The predicted octanol–water partition coefficient (Wildman–Crippen LogP) is -1.40. The molecule has 0 atom stereocenters. The summed E-state index contributed by atoms with van der Waals surface area (Å²) >= 11 is 0. The van der Waals surface area contributed by atoms with Crippen molar-refractivity contribution in [3.05, 3.63) is 9.93 Å². The Labute approximate surface area is 100 Å². The Bertz CT molecular complexity index is 70.2. The number of rotatable bonds is 0. The molecule has 0 N–H and O–H groups in total. The van der Waals surface area contributed by atoms with Crippen LogP contribution in [0.3, 0.4) is 0 Å². The van der Waals surface area contributed by atoms with Gasteiger partial charge in [-0.25, -0.2) is 0 Å². The second kappa shape index (κ2) is 197. The van der Waals surface area contributed by atoms with Crippen molar-refractivity contribution in [3.63, 3.8) is 0 Å². The van der Waals surface area contributed by atoms with Crippen molar-refractivity contribution in [1.82, 2.24) is 0 Å². The fraction of sp³-hybridized carbons (Fsp3) is 0. The molecule has 6 nitrogen and oxygen atoms in total. The fourth-order valence-electron chi connectivity index (χ4n) is 0. The number of nitrogens with zero attached hydrogens (tertiary/aromatic N) is 2. The van der Waals surface area contributed by atoms with E-state index in [9.17, 15) is 0 Å². The summed E-state index contributed by atoms with van der Waals surface area (Å²) in [5.74, 6) is 0. The van der Waals surface area contributed by atoms with Crippen molar-refractivity contribution in [2.45, 2.75) is 0 Å². The minimum Gasteiger partial charge on any atom is 0 e. The number of hydrogen-bond donors (Lipinski definition) is 0. The van der Waals surface area contributed by atoms with E-state index in [1.54, 1.807) is 0 Å². The van der Waals surface area contributed by atoms with E-state index in [0.29, 0.717) is 0 Å². The van der Waals surface area contributed by atoms with Crippen LogP contribution in [0.15, 0.2) is 0 Å². The topological polar surface area (TPSA) is 116 Å². The Hall–Kier alpha value is 0.582. The first-order valence-electron chi connectivity index (χ1n) is 0.775. The second-order valence-corrected chi connectivity index (χ2v) is 0.0833. The first-order chi connectivity index (χ1) is 3.41. The van der Waals surface area contributed by atoms with Crippen molar-refractivity contribution in [1.29, 1.82) is 10.8 Å². The smallest absolute Gasteiger partial charge is 0 e. The Morgan fingerprint density at radius 1 is 1.00 bits per heavy atom. The Morgan fingerprint density at radius 2 is 1.00 bits per heavy atom. The summed E-state index contributed by atoms with van der Waals surface area (Å²) in [7, 11) is 0. The average molecular weight is 153 g/mol. The van der Waals surface area contributed by atoms with Gasteiger partial charge in [-0.2, -0.15) is 9.59 Å². The second-order valence-electron chi connectivity index (χ2n) is 0.0833. The van der Waals surface area contributed by atoms with Gasteiger partial charge in [-0.1, -0.05) is 0 Å². The van der Waals surface area contributed by atoms with Crippen LogP contribution in [0.2, 0.25) is 0 Å². The summed E-state index contributed by atoms with van der Waals surface area (Å²) in [4.78, 5) is 30.2. The minimum absolute atomic E-state index is 0. The zero-order valence-electron chi connectivity index (χ0n) is 4.09. The standard InChI is InChI=1S/CO2.Ar.N2.O2.Pb.2H/c2-1-3;;2*1-2;;;/i;;;;1+121;;. The molecular weight excluding hydrogens is 151 g/mol. The molecule has 0 aromatic carbocycles. The molecule has 9 heavy (non-hydrogen) atoms. The molecule has 0 spiro atoms. The fourth-order valence-corrected chi connectivity index (χ4v) is 0. The molecule has 0 aliphatic carbocycles. The van der Waals surface area contributed by atoms with Crippen LogP contribution in [0.5, 0.6) is 0 Å². The van der Waals surface area contributed by atoms with E-state index >= 15 is 0 Å². The Kier molecular flexibility index (Phi) is 736. The molecule has 0 aromatic rings. The van der Waals surface area contributed by atoms with Crippen molar-refractivity contribution in [2.75, 3.05) is 0 Å². The summed E-state index contributed by atoms with van der Waals surface area (Å²) < 4.78 is 0. The van der Waals surface area contributed by atoms with Crippen LogP contribution in [0.1, 0.15) is 0 Å². The molecule has 0 fully saturated rings. The largest absolute Gasteiger partial charge is 0 e. The molecule has 0 saturated heterocycles. The van der Waals surface area contributed by atoms with E-state index in [1.807, 2.05) is 0 Å². The first kappa shape index (κ1) is 33.6. The average Bonchev–Trinajstić information content (AvgIpc) is 1.78. The molecule has 8 heteroatoms. The summed E-state index contributed by atoms with van der Waals surface area (Å²) in [5.41, 5.74) is 0. The van der Waals surface area contributed by atoms with Gasteiger partial charge < -0.3 is 0 Å². The van der Waals surface area contributed by atoms with Gasteiger partial charge in [0.15, 0.2) is 0 Å². The van der Waals surface area contributed by atoms with Gasteiger partial charge in [0.1, 0.15) is 0 Å². The molecule has 0 aromatic heterocycles. The molecule has 0 rings (SSSR count). The molecular formula is CH2ArN2O4Pb. The van der Waals surface area contributed by atoms with Crippen LogP contribution in [0.25, 0.3) is 0 Å². The maximum Gasteiger partial charge on any atom is 0 e. The third-order valence-electron chi connectivity index (χ3n) is 0. The SMILES string of the molecule is N#N.O=C=O.O=O.[7PbH2].[Ar]. The van der Waals surface area contributed by atoms with Gasteiger partial charge in [0.2, 0.25) is 0 Å². The van der Waals surface area contributed by atoms with Crippen LogP contribution in [0.4, 0.5) is 0 Å². The van der Waals surface area contributed by atoms with E-state index < -0.39 is 0 Å². The molecule has 0 saturated carbocycles. The summed E-state index contributed by atoms with van der Waals surface area (Å²) in [6.07, 6.45) is 0.250. The molecule has 0 unspecified atom stereocenters. The molecule has 0 heterocycles. The van der Waals surface area contributed by atoms with Crippen molar-refractivity contribution in [3.8, 4) is 0 Å². The molecule has 0 amide bonds. The van der Waals surface area contributed by atoms with E-state index in [-0.39, 0.29) is 71.2 Å². The molecule has 2 radical (unpaired) electrons. The number of hydrogen-bond acceptors (Lipinski definition) is 6. The predicted molar refractivity (Wildman–Crippen MR) is 23.7 cm³/mol. The van der Waals surface area contributed by atoms with Crippen molar-refractivity contribution in [2.24, 2.45) is 0 Å². The van der Waals surface area contributed by atoms with Gasteiger partial charge in [0.25, 0.3) is 0 Å². The maximum absolute atomic E-state index is 8.12. The van der Waals surface area contributed by atoms with Crippen molar-refractivity contribution >= 4 is 33.5 Å². The van der Waals surface area contributed by atoms with E-state index in [1.165, 1.54) is 0 Å².